The van der Waals surface area contributed by atoms with Crippen LogP contribution in [0.15, 0.2) is 9.90 Å². The Morgan fingerprint density at radius 2 is 2.10 bits per heavy atom. The molecule has 6 heteroatoms. The lowest BCUT2D eigenvalue weighted by Crippen LogP contribution is -2.32. The lowest BCUT2D eigenvalue weighted by molar-refractivity contribution is -0.0527. The zero-order chi connectivity index (χ0) is 14.2. The molecule has 0 aliphatic heterocycles. The minimum atomic E-state index is -0.388. The highest BCUT2D eigenvalue weighted by Crippen LogP contribution is 2.40. The van der Waals surface area contributed by atoms with E-state index in [9.17, 15) is 0 Å². The summed E-state index contributed by atoms with van der Waals surface area (Å²) in [6.07, 6.45) is 5.41. The monoisotopic (exact) mass is 293 g/mol. The topological polar surface area (TPSA) is 74.2 Å². The van der Waals surface area contributed by atoms with Crippen molar-refractivity contribution in [2.75, 3.05) is 12.8 Å². The highest BCUT2D eigenvalue weighted by molar-refractivity contribution is 7.14. The molecule has 0 spiro atoms. The summed E-state index contributed by atoms with van der Waals surface area (Å²) in [4.78, 5) is 5.40. The number of nitrogens with two attached hydrogens (primary N) is 1. The van der Waals surface area contributed by atoms with E-state index in [1.54, 1.807) is 7.11 Å². The van der Waals surface area contributed by atoms with E-state index in [2.05, 4.69) is 10.1 Å². The number of hydrogen-bond acceptors (Lipinski definition) is 6. The highest BCUT2D eigenvalue weighted by Gasteiger charge is 2.38. The van der Waals surface area contributed by atoms with Crippen LogP contribution in [0.25, 0.3) is 10.8 Å². The number of nitrogens with zero attached hydrogens (tertiary/aromatic N) is 2. The Balaban J connectivity index is 1.95. The highest BCUT2D eigenvalue weighted by atomic mass is 32.1. The second-order valence-electron chi connectivity index (χ2n) is 5.34. The Bertz CT molecular complexity index is 599. The van der Waals surface area contributed by atoms with Crippen molar-refractivity contribution in [2.24, 2.45) is 0 Å². The van der Waals surface area contributed by atoms with Gasteiger partial charge in [-0.25, -0.2) is 0 Å². The van der Waals surface area contributed by atoms with Crippen molar-refractivity contribution in [1.29, 1.82) is 0 Å². The zero-order valence-corrected chi connectivity index (χ0v) is 12.6. The van der Waals surface area contributed by atoms with Gasteiger partial charge in [0, 0.05) is 7.11 Å². The molecule has 0 radical (unpaired) electrons. The standard InChI is InChI=1S/C14H19N3O2S/c1-9-8-20-11(10(9)15)12-16-13(17-19-12)14(18-2)6-4-3-5-7-14/h8H,3-7,15H2,1-2H3. The third-order valence-electron chi connectivity index (χ3n) is 4.10. The molecule has 1 aliphatic carbocycles. The van der Waals surface area contributed by atoms with Crippen molar-refractivity contribution >= 4 is 17.0 Å². The van der Waals surface area contributed by atoms with E-state index >= 15 is 0 Å². The van der Waals surface area contributed by atoms with Gasteiger partial charge in [-0.15, -0.1) is 11.3 Å². The molecule has 1 saturated carbocycles. The van der Waals surface area contributed by atoms with E-state index in [4.69, 9.17) is 15.0 Å². The largest absolute Gasteiger partial charge is 0.397 e. The van der Waals surface area contributed by atoms with Gasteiger partial charge in [-0.05, 0) is 30.7 Å². The van der Waals surface area contributed by atoms with E-state index < -0.39 is 0 Å². The van der Waals surface area contributed by atoms with Gasteiger partial charge < -0.3 is 15.0 Å². The molecular weight excluding hydrogens is 274 g/mol. The normalized spacial score (nSPS) is 18.3. The van der Waals surface area contributed by atoms with Crippen LogP contribution in [0, 0.1) is 6.92 Å². The quantitative estimate of drug-likeness (QED) is 0.937. The SMILES string of the molecule is COC1(c2noc(-c3scc(C)c3N)n2)CCCCC1. The first-order chi connectivity index (χ1) is 9.66. The molecule has 1 aliphatic rings. The summed E-state index contributed by atoms with van der Waals surface area (Å²) in [5.41, 5.74) is 7.42. The molecule has 5 nitrogen and oxygen atoms in total. The van der Waals surface area contributed by atoms with E-state index in [1.165, 1.54) is 17.8 Å². The summed E-state index contributed by atoms with van der Waals surface area (Å²) in [5, 5.41) is 6.15. The molecule has 0 unspecified atom stereocenters. The smallest absolute Gasteiger partial charge is 0.270 e. The van der Waals surface area contributed by atoms with Gasteiger partial charge in [0.05, 0.1) is 5.69 Å². The summed E-state index contributed by atoms with van der Waals surface area (Å²) in [6, 6.07) is 0. The van der Waals surface area contributed by atoms with Crippen LogP contribution < -0.4 is 5.73 Å². The van der Waals surface area contributed by atoms with Gasteiger partial charge in [0.25, 0.3) is 5.89 Å². The molecule has 0 aromatic carbocycles. The Kier molecular flexibility index (Phi) is 3.52. The Hall–Kier alpha value is -1.40. The summed E-state index contributed by atoms with van der Waals surface area (Å²) in [6.45, 7) is 1.98. The van der Waals surface area contributed by atoms with E-state index in [0.717, 1.165) is 41.8 Å². The Morgan fingerprint density at radius 3 is 2.70 bits per heavy atom. The number of nitrogen functional groups attached to an aromatic ring is 1. The minimum Gasteiger partial charge on any atom is -0.397 e. The average molecular weight is 293 g/mol. The van der Waals surface area contributed by atoms with Crippen molar-refractivity contribution in [1.82, 2.24) is 10.1 Å². The molecule has 20 heavy (non-hydrogen) atoms. The molecular formula is C14H19N3O2S. The Morgan fingerprint density at radius 1 is 1.35 bits per heavy atom. The van der Waals surface area contributed by atoms with Gasteiger partial charge in [-0.2, -0.15) is 4.98 Å². The molecule has 1 fully saturated rings. The van der Waals surface area contributed by atoms with Crippen LogP contribution in [-0.4, -0.2) is 17.3 Å². The predicted molar refractivity (Wildman–Crippen MR) is 78.5 cm³/mol. The number of hydrogen-bond donors (Lipinski definition) is 1. The average Bonchev–Trinajstić information content (AvgIpc) is 3.08. The number of rotatable bonds is 3. The number of methoxy groups -OCH3 is 1. The fourth-order valence-electron chi connectivity index (χ4n) is 2.76. The molecule has 2 N–H and O–H groups in total. The van der Waals surface area contributed by atoms with Crippen molar-refractivity contribution in [3.8, 4) is 10.8 Å². The first-order valence-electron chi connectivity index (χ1n) is 6.89. The second kappa shape index (κ2) is 5.18. The van der Waals surface area contributed by atoms with Crippen LogP contribution in [0.2, 0.25) is 0 Å². The maximum atomic E-state index is 6.04. The zero-order valence-electron chi connectivity index (χ0n) is 11.8. The summed E-state index contributed by atoms with van der Waals surface area (Å²) in [5.74, 6) is 1.15. The fraction of sp³-hybridized carbons (Fsp3) is 0.571. The van der Waals surface area contributed by atoms with Crippen LogP contribution in [0.4, 0.5) is 5.69 Å². The van der Waals surface area contributed by atoms with Crippen LogP contribution in [0.1, 0.15) is 43.5 Å². The molecule has 3 rings (SSSR count). The minimum absolute atomic E-state index is 0.388. The van der Waals surface area contributed by atoms with E-state index in [1.807, 2.05) is 12.3 Å². The lowest BCUT2D eigenvalue weighted by atomic mass is 9.84. The molecule has 0 saturated heterocycles. The molecule has 108 valence electrons. The lowest BCUT2D eigenvalue weighted by Gasteiger charge is -2.32. The predicted octanol–water partition coefficient (Wildman–Crippen LogP) is 3.49. The number of aryl methyl sites for hydroxylation is 1. The van der Waals surface area contributed by atoms with E-state index in [-0.39, 0.29) is 5.60 Å². The molecule has 0 amide bonds. The maximum absolute atomic E-state index is 6.04. The molecule has 2 aromatic heterocycles. The van der Waals surface area contributed by atoms with Crippen molar-refractivity contribution in [3.05, 3.63) is 16.8 Å². The van der Waals surface area contributed by atoms with Gasteiger partial charge >= 0.3 is 0 Å². The first kappa shape index (κ1) is 13.6. The van der Waals surface area contributed by atoms with Gasteiger partial charge in [-0.1, -0.05) is 24.4 Å². The maximum Gasteiger partial charge on any atom is 0.270 e. The number of ether oxygens (including phenoxy) is 1. The number of aromatic nitrogens is 2. The van der Waals surface area contributed by atoms with Crippen molar-refractivity contribution in [3.63, 3.8) is 0 Å². The van der Waals surface area contributed by atoms with Gasteiger partial charge in [0.2, 0.25) is 5.82 Å². The molecule has 0 bridgehead atoms. The van der Waals surface area contributed by atoms with Crippen LogP contribution in [-0.2, 0) is 10.3 Å². The third-order valence-corrected chi connectivity index (χ3v) is 5.20. The molecule has 2 heterocycles. The van der Waals surface area contributed by atoms with Crippen LogP contribution in [0.5, 0.6) is 0 Å². The number of anilines is 1. The second-order valence-corrected chi connectivity index (χ2v) is 6.22. The van der Waals surface area contributed by atoms with Gasteiger partial charge in [0.15, 0.2) is 0 Å². The summed E-state index contributed by atoms with van der Waals surface area (Å²) in [7, 11) is 1.73. The van der Waals surface area contributed by atoms with Crippen LogP contribution in [0.3, 0.4) is 0 Å². The Labute approximate surface area is 122 Å². The fourth-order valence-corrected chi connectivity index (χ4v) is 3.65. The van der Waals surface area contributed by atoms with Crippen molar-refractivity contribution in [2.45, 2.75) is 44.6 Å². The van der Waals surface area contributed by atoms with Gasteiger partial charge in [-0.3, -0.25) is 0 Å². The summed E-state index contributed by atoms with van der Waals surface area (Å²) < 4.78 is 11.2. The van der Waals surface area contributed by atoms with Crippen LogP contribution >= 0.6 is 11.3 Å². The first-order valence-corrected chi connectivity index (χ1v) is 7.77. The summed E-state index contributed by atoms with van der Waals surface area (Å²) >= 11 is 1.53. The van der Waals surface area contributed by atoms with Gasteiger partial charge in [0.1, 0.15) is 10.5 Å². The molecule has 2 aromatic rings. The third kappa shape index (κ3) is 2.13. The van der Waals surface area contributed by atoms with E-state index in [0.29, 0.717) is 11.7 Å². The van der Waals surface area contributed by atoms with Crippen molar-refractivity contribution < 1.29 is 9.26 Å². The molecule has 0 atom stereocenters. The number of thiophene rings is 1.